The van der Waals surface area contributed by atoms with Gasteiger partial charge >= 0.3 is 0 Å². The highest BCUT2D eigenvalue weighted by Gasteiger charge is 2.25. The summed E-state index contributed by atoms with van der Waals surface area (Å²) in [7, 11) is 0. The van der Waals surface area contributed by atoms with E-state index in [9.17, 15) is 9.90 Å². The standard InChI is InChI=1S/C26H33N3O5S/c1-4-16-11-17(10-15(3)23(16)33-14-18(31)12-27-22(32)13-30)25-28-26(34-29-25)24-20-9-7-6-8-19(20)21(5-2)35-24/h10-11,18,30-31H,4-9,12-14H2,1-3H3,(H,27,32)/t18-/m0/s1. The molecule has 0 spiro atoms. The summed E-state index contributed by atoms with van der Waals surface area (Å²) in [5.74, 6) is 1.30. The number of aromatic nitrogens is 2. The smallest absolute Gasteiger partial charge is 0.268 e. The molecule has 3 aromatic rings. The van der Waals surface area contributed by atoms with Crippen LogP contribution in [0.15, 0.2) is 16.7 Å². The number of rotatable bonds is 10. The van der Waals surface area contributed by atoms with E-state index in [-0.39, 0.29) is 13.2 Å². The highest BCUT2D eigenvalue weighted by atomic mass is 32.1. The fraction of sp³-hybridized carbons (Fsp3) is 0.500. The SMILES string of the molecule is CCc1cc(-c2noc(-c3sc(CC)c4c3CCCC4)n2)cc(C)c1OC[C@@H](O)CNC(=O)CO. The molecule has 1 aliphatic carbocycles. The summed E-state index contributed by atoms with van der Waals surface area (Å²) in [5, 5.41) is 25.6. The first-order valence-electron chi connectivity index (χ1n) is 12.2. The van der Waals surface area contributed by atoms with Crippen molar-refractivity contribution in [2.75, 3.05) is 19.8 Å². The summed E-state index contributed by atoms with van der Waals surface area (Å²) in [6.45, 7) is 5.61. The van der Waals surface area contributed by atoms with Gasteiger partial charge in [-0.3, -0.25) is 4.79 Å². The minimum absolute atomic E-state index is 0.00971. The normalized spacial score (nSPS) is 14.0. The number of hydrogen-bond acceptors (Lipinski definition) is 8. The molecule has 0 saturated heterocycles. The molecule has 1 atom stereocenters. The summed E-state index contributed by atoms with van der Waals surface area (Å²) in [6, 6.07) is 3.96. The number of benzene rings is 1. The van der Waals surface area contributed by atoms with Crippen LogP contribution in [0.2, 0.25) is 0 Å². The molecule has 3 N–H and O–H groups in total. The summed E-state index contributed by atoms with van der Waals surface area (Å²) in [4.78, 5) is 18.5. The Hall–Kier alpha value is -2.75. The number of aliphatic hydroxyl groups excluding tert-OH is 2. The third kappa shape index (κ3) is 5.58. The predicted molar refractivity (Wildman–Crippen MR) is 135 cm³/mol. The minimum atomic E-state index is -0.890. The van der Waals surface area contributed by atoms with Gasteiger partial charge in [-0.1, -0.05) is 19.0 Å². The van der Waals surface area contributed by atoms with Gasteiger partial charge in [0.1, 0.15) is 25.1 Å². The largest absolute Gasteiger partial charge is 0.490 e. The Kier molecular flexibility index (Phi) is 8.20. The van der Waals surface area contributed by atoms with Crippen LogP contribution in [0.25, 0.3) is 22.2 Å². The first kappa shape index (κ1) is 25.3. The van der Waals surface area contributed by atoms with Crippen molar-refractivity contribution in [3.63, 3.8) is 0 Å². The van der Waals surface area contributed by atoms with E-state index in [2.05, 4.69) is 17.4 Å². The zero-order valence-electron chi connectivity index (χ0n) is 20.5. The van der Waals surface area contributed by atoms with Crippen LogP contribution in [0.1, 0.15) is 53.8 Å². The Bertz CT molecular complexity index is 1190. The quantitative estimate of drug-likeness (QED) is 0.390. The lowest BCUT2D eigenvalue weighted by Gasteiger charge is -2.17. The van der Waals surface area contributed by atoms with Crippen LogP contribution < -0.4 is 10.1 Å². The summed E-state index contributed by atoms with van der Waals surface area (Å²) < 4.78 is 11.6. The van der Waals surface area contributed by atoms with Gasteiger partial charge in [0.25, 0.3) is 5.89 Å². The number of carbonyl (C=O) groups is 1. The zero-order valence-corrected chi connectivity index (χ0v) is 21.3. The molecular weight excluding hydrogens is 466 g/mol. The molecule has 0 aliphatic heterocycles. The molecule has 1 amide bonds. The van der Waals surface area contributed by atoms with Gasteiger partial charge in [0.05, 0.1) is 4.88 Å². The van der Waals surface area contributed by atoms with Crippen molar-refractivity contribution in [2.24, 2.45) is 0 Å². The van der Waals surface area contributed by atoms with Gasteiger partial charge in [-0.25, -0.2) is 0 Å². The van der Waals surface area contributed by atoms with Gasteiger partial charge < -0.3 is 24.8 Å². The molecule has 188 valence electrons. The van der Waals surface area contributed by atoms with Crippen molar-refractivity contribution in [3.05, 3.63) is 39.3 Å². The Morgan fingerprint density at radius 2 is 2.00 bits per heavy atom. The van der Waals surface area contributed by atoms with Crippen molar-refractivity contribution in [1.82, 2.24) is 15.5 Å². The maximum Gasteiger partial charge on any atom is 0.268 e. The second-order valence-corrected chi connectivity index (χ2v) is 9.96. The monoisotopic (exact) mass is 499 g/mol. The van der Waals surface area contributed by atoms with Gasteiger partial charge in [0.2, 0.25) is 11.7 Å². The lowest BCUT2D eigenvalue weighted by atomic mass is 9.91. The van der Waals surface area contributed by atoms with E-state index in [1.807, 2.05) is 26.0 Å². The molecule has 1 aliphatic rings. The average molecular weight is 500 g/mol. The molecule has 35 heavy (non-hydrogen) atoms. The first-order chi connectivity index (χ1) is 16.9. The van der Waals surface area contributed by atoms with Crippen LogP contribution in [0.4, 0.5) is 0 Å². The van der Waals surface area contributed by atoms with Crippen LogP contribution in [-0.4, -0.2) is 52.1 Å². The molecule has 2 heterocycles. The van der Waals surface area contributed by atoms with E-state index in [1.54, 1.807) is 11.3 Å². The third-order valence-electron chi connectivity index (χ3n) is 6.33. The van der Waals surface area contributed by atoms with Crippen LogP contribution in [-0.2, 0) is 30.5 Å². The maximum absolute atomic E-state index is 11.2. The van der Waals surface area contributed by atoms with Crippen molar-refractivity contribution in [2.45, 2.75) is 65.4 Å². The van der Waals surface area contributed by atoms with Crippen LogP contribution >= 0.6 is 11.3 Å². The van der Waals surface area contributed by atoms with E-state index in [4.69, 9.17) is 19.4 Å². The molecule has 9 heteroatoms. The van der Waals surface area contributed by atoms with Gasteiger partial charge in [-0.15, -0.1) is 11.3 Å². The Balaban J connectivity index is 1.54. The highest BCUT2D eigenvalue weighted by molar-refractivity contribution is 7.15. The van der Waals surface area contributed by atoms with E-state index < -0.39 is 18.6 Å². The second kappa shape index (κ2) is 11.3. The number of aliphatic hydroxyl groups is 2. The number of nitrogens with one attached hydrogen (secondary N) is 1. The number of hydrogen-bond donors (Lipinski definition) is 3. The zero-order chi connectivity index (χ0) is 24.9. The van der Waals surface area contributed by atoms with E-state index in [0.29, 0.717) is 17.5 Å². The highest BCUT2D eigenvalue weighted by Crippen LogP contribution is 2.41. The molecule has 0 unspecified atom stereocenters. The van der Waals surface area contributed by atoms with Gasteiger partial charge in [-0.05, 0) is 79.8 Å². The van der Waals surface area contributed by atoms with E-state index >= 15 is 0 Å². The number of ether oxygens (including phenoxy) is 1. The number of carbonyl (C=O) groups excluding carboxylic acids is 1. The second-order valence-electron chi connectivity index (χ2n) is 8.86. The predicted octanol–water partition coefficient (Wildman–Crippen LogP) is 3.63. The van der Waals surface area contributed by atoms with Gasteiger partial charge in [-0.2, -0.15) is 4.98 Å². The summed E-state index contributed by atoms with van der Waals surface area (Å²) in [6.07, 6.45) is 5.51. The van der Waals surface area contributed by atoms with E-state index in [1.165, 1.54) is 28.8 Å². The van der Waals surface area contributed by atoms with E-state index in [0.717, 1.165) is 47.3 Å². The fourth-order valence-corrected chi connectivity index (χ4v) is 5.83. The van der Waals surface area contributed by atoms with Gasteiger partial charge in [0, 0.05) is 17.0 Å². The lowest BCUT2D eigenvalue weighted by molar-refractivity contribution is -0.124. The molecule has 0 radical (unpaired) electrons. The molecule has 0 saturated carbocycles. The number of thiophene rings is 1. The molecular formula is C26H33N3O5S. The minimum Gasteiger partial charge on any atom is -0.490 e. The number of nitrogens with zero attached hydrogens (tertiary/aromatic N) is 2. The van der Waals surface area contributed by atoms with Crippen molar-refractivity contribution >= 4 is 17.2 Å². The first-order valence-corrected chi connectivity index (χ1v) is 13.1. The van der Waals surface area contributed by atoms with Crippen molar-refractivity contribution < 1.29 is 24.3 Å². The number of fused-ring (bicyclic) bond motifs is 1. The van der Waals surface area contributed by atoms with Crippen LogP contribution in [0, 0.1) is 6.92 Å². The molecule has 0 bridgehead atoms. The Morgan fingerprint density at radius 3 is 2.71 bits per heavy atom. The van der Waals surface area contributed by atoms with Crippen LogP contribution in [0.5, 0.6) is 5.75 Å². The number of amides is 1. The fourth-order valence-electron chi connectivity index (χ4n) is 4.57. The van der Waals surface area contributed by atoms with Crippen molar-refractivity contribution in [1.29, 1.82) is 0 Å². The van der Waals surface area contributed by atoms with Gasteiger partial charge in [0.15, 0.2) is 0 Å². The number of aryl methyl sites for hydroxylation is 3. The molecule has 8 nitrogen and oxygen atoms in total. The molecule has 0 fully saturated rings. The summed E-state index contributed by atoms with van der Waals surface area (Å²) >= 11 is 1.79. The molecule has 4 rings (SSSR count). The lowest BCUT2D eigenvalue weighted by Crippen LogP contribution is -2.36. The van der Waals surface area contributed by atoms with Crippen molar-refractivity contribution in [3.8, 4) is 27.9 Å². The molecule has 2 aromatic heterocycles. The topological polar surface area (TPSA) is 118 Å². The average Bonchev–Trinajstić information content (AvgIpc) is 3.51. The maximum atomic E-state index is 11.2. The summed E-state index contributed by atoms with van der Waals surface area (Å²) in [5.41, 5.74) is 5.61. The third-order valence-corrected chi connectivity index (χ3v) is 7.74. The Labute approximate surface area is 209 Å². The Morgan fingerprint density at radius 1 is 1.23 bits per heavy atom. The van der Waals surface area contributed by atoms with Crippen LogP contribution in [0.3, 0.4) is 0 Å². The molecule has 1 aromatic carbocycles.